The Balaban J connectivity index is 2.44. The third kappa shape index (κ3) is 3.72. The Morgan fingerprint density at radius 1 is 1.69 bits per heavy atom. The van der Waals surface area contributed by atoms with Gasteiger partial charge in [0.25, 0.3) is 0 Å². The molecular weight excluding hydrogens is 222 g/mol. The summed E-state index contributed by atoms with van der Waals surface area (Å²) in [5.74, 6) is 0.489. The highest BCUT2D eigenvalue weighted by Gasteiger charge is 2.25. The predicted octanol–water partition coefficient (Wildman–Crippen LogP) is 0.367. The topological polar surface area (TPSA) is 58.4 Å². The number of thiocarbonyl (C=S) groups is 1. The average Bonchev–Trinajstić information content (AvgIpc) is 2.28. The highest BCUT2D eigenvalue weighted by Crippen LogP contribution is 2.17. The van der Waals surface area contributed by atoms with Crippen molar-refractivity contribution >= 4 is 23.1 Å². The van der Waals surface area contributed by atoms with Gasteiger partial charge in [0.15, 0.2) is 0 Å². The number of hydrogen-bond donors (Lipinski definition) is 2. The summed E-state index contributed by atoms with van der Waals surface area (Å²) in [6.45, 7) is 4.77. The van der Waals surface area contributed by atoms with Gasteiger partial charge in [0.1, 0.15) is 0 Å². The summed E-state index contributed by atoms with van der Waals surface area (Å²) in [7, 11) is 1.69. The number of nitrogens with zero attached hydrogens (tertiary/aromatic N) is 1. The van der Waals surface area contributed by atoms with Crippen LogP contribution in [0, 0.1) is 11.8 Å². The number of carbonyl (C=O) groups is 1. The lowest BCUT2D eigenvalue weighted by Crippen LogP contribution is -2.44. The van der Waals surface area contributed by atoms with Gasteiger partial charge in [0, 0.05) is 26.1 Å². The summed E-state index contributed by atoms with van der Waals surface area (Å²) >= 11 is 4.96. The molecule has 0 saturated carbocycles. The molecule has 92 valence electrons. The molecule has 0 radical (unpaired) electrons. The summed E-state index contributed by atoms with van der Waals surface area (Å²) in [4.78, 5) is 14.4. The molecule has 1 amide bonds. The van der Waals surface area contributed by atoms with Gasteiger partial charge in [-0.25, -0.2) is 0 Å². The molecule has 1 aliphatic rings. The lowest BCUT2D eigenvalue weighted by atomic mass is 9.96. The van der Waals surface area contributed by atoms with E-state index in [0.717, 1.165) is 32.5 Å². The number of amides is 1. The minimum absolute atomic E-state index is 0.122. The summed E-state index contributed by atoms with van der Waals surface area (Å²) in [5.41, 5.74) is 5.60. The summed E-state index contributed by atoms with van der Waals surface area (Å²) in [6, 6.07) is 0. The van der Waals surface area contributed by atoms with Crippen LogP contribution in [-0.4, -0.2) is 42.5 Å². The SMILES string of the molecule is CNC(=O)C1CCCN(CC(C)C(N)=S)C1. The van der Waals surface area contributed by atoms with Gasteiger partial charge in [-0.05, 0) is 19.4 Å². The lowest BCUT2D eigenvalue weighted by molar-refractivity contribution is -0.126. The van der Waals surface area contributed by atoms with Crippen LogP contribution >= 0.6 is 12.2 Å². The Kier molecular flexibility index (Phi) is 5.15. The molecule has 0 spiro atoms. The molecule has 1 fully saturated rings. The molecule has 0 bridgehead atoms. The number of piperidine rings is 1. The summed E-state index contributed by atoms with van der Waals surface area (Å²) in [5, 5.41) is 2.72. The van der Waals surface area contributed by atoms with Gasteiger partial charge in [-0.15, -0.1) is 0 Å². The second-order valence-corrected chi connectivity index (χ2v) is 4.99. The van der Waals surface area contributed by atoms with Gasteiger partial charge in [-0.3, -0.25) is 4.79 Å². The number of likely N-dealkylation sites (tertiary alicyclic amines) is 1. The average molecular weight is 243 g/mol. The molecule has 1 heterocycles. The second kappa shape index (κ2) is 6.15. The van der Waals surface area contributed by atoms with Crippen LogP contribution in [0.4, 0.5) is 0 Å². The van der Waals surface area contributed by atoms with Crippen molar-refractivity contribution in [2.75, 3.05) is 26.7 Å². The van der Waals surface area contributed by atoms with Crippen molar-refractivity contribution < 1.29 is 4.79 Å². The van der Waals surface area contributed by atoms with Crippen LogP contribution in [0.2, 0.25) is 0 Å². The molecule has 0 aliphatic carbocycles. The summed E-state index contributed by atoms with van der Waals surface area (Å²) in [6.07, 6.45) is 2.06. The maximum atomic E-state index is 11.5. The molecule has 3 N–H and O–H groups in total. The van der Waals surface area contributed by atoms with Crippen LogP contribution in [0.25, 0.3) is 0 Å². The van der Waals surface area contributed by atoms with E-state index in [1.54, 1.807) is 7.05 Å². The zero-order valence-electron chi connectivity index (χ0n) is 10.0. The van der Waals surface area contributed by atoms with E-state index >= 15 is 0 Å². The smallest absolute Gasteiger partial charge is 0.224 e. The first-order chi connectivity index (χ1) is 7.54. The molecule has 0 aromatic rings. The molecule has 2 unspecified atom stereocenters. The van der Waals surface area contributed by atoms with Crippen molar-refractivity contribution in [1.82, 2.24) is 10.2 Å². The normalized spacial score (nSPS) is 23.8. The first kappa shape index (κ1) is 13.4. The predicted molar refractivity (Wildman–Crippen MR) is 69.2 cm³/mol. The van der Waals surface area contributed by atoms with Gasteiger partial charge in [-0.2, -0.15) is 0 Å². The zero-order chi connectivity index (χ0) is 12.1. The van der Waals surface area contributed by atoms with Gasteiger partial charge >= 0.3 is 0 Å². The number of hydrogen-bond acceptors (Lipinski definition) is 3. The van der Waals surface area contributed by atoms with E-state index < -0.39 is 0 Å². The molecule has 1 saturated heterocycles. The Labute approximate surface area is 103 Å². The lowest BCUT2D eigenvalue weighted by Gasteiger charge is -2.33. The van der Waals surface area contributed by atoms with E-state index in [1.807, 2.05) is 6.92 Å². The number of nitrogens with one attached hydrogen (secondary N) is 1. The van der Waals surface area contributed by atoms with Crippen molar-refractivity contribution in [2.45, 2.75) is 19.8 Å². The maximum Gasteiger partial charge on any atom is 0.224 e. The quantitative estimate of drug-likeness (QED) is 0.700. The monoisotopic (exact) mass is 243 g/mol. The van der Waals surface area contributed by atoms with Crippen LogP contribution in [0.15, 0.2) is 0 Å². The third-order valence-corrected chi connectivity index (χ3v) is 3.54. The van der Waals surface area contributed by atoms with Crippen molar-refractivity contribution in [2.24, 2.45) is 17.6 Å². The third-order valence-electron chi connectivity index (χ3n) is 3.14. The van der Waals surface area contributed by atoms with E-state index in [9.17, 15) is 4.79 Å². The van der Waals surface area contributed by atoms with E-state index in [2.05, 4.69) is 10.2 Å². The fraction of sp³-hybridized carbons (Fsp3) is 0.818. The van der Waals surface area contributed by atoms with Crippen LogP contribution < -0.4 is 11.1 Å². The minimum atomic E-state index is 0.122. The van der Waals surface area contributed by atoms with E-state index in [1.165, 1.54) is 0 Å². The highest BCUT2D eigenvalue weighted by atomic mass is 32.1. The molecule has 4 nitrogen and oxygen atoms in total. The minimum Gasteiger partial charge on any atom is -0.393 e. The highest BCUT2D eigenvalue weighted by molar-refractivity contribution is 7.80. The van der Waals surface area contributed by atoms with Crippen molar-refractivity contribution in [3.05, 3.63) is 0 Å². The van der Waals surface area contributed by atoms with Crippen LogP contribution in [-0.2, 0) is 4.79 Å². The van der Waals surface area contributed by atoms with Crippen LogP contribution in [0.5, 0.6) is 0 Å². The molecule has 5 heteroatoms. The molecule has 0 aromatic heterocycles. The van der Waals surface area contributed by atoms with E-state index in [-0.39, 0.29) is 17.7 Å². The van der Waals surface area contributed by atoms with E-state index in [4.69, 9.17) is 18.0 Å². The Hall–Kier alpha value is -0.680. The van der Waals surface area contributed by atoms with Crippen molar-refractivity contribution in [3.8, 4) is 0 Å². The largest absolute Gasteiger partial charge is 0.393 e. The molecule has 1 aliphatic heterocycles. The fourth-order valence-corrected chi connectivity index (χ4v) is 2.19. The van der Waals surface area contributed by atoms with Crippen molar-refractivity contribution in [3.63, 3.8) is 0 Å². The Morgan fingerprint density at radius 3 is 2.94 bits per heavy atom. The van der Waals surface area contributed by atoms with Gasteiger partial charge < -0.3 is 16.0 Å². The first-order valence-electron chi connectivity index (χ1n) is 5.78. The molecule has 2 atom stereocenters. The molecule has 0 aromatic carbocycles. The van der Waals surface area contributed by atoms with Gasteiger partial charge in [-0.1, -0.05) is 19.1 Å². The van der Waals surface area contributed by atoms with Crippen LogP contribution in [0.1, 0.15) is 19.8 Å². The Morgan fingerprint density at radius 2 is 2.38 bits per heavy atom. The second-order valence-electron chi connectivity index (χ2n) is 4.52. The standard InChI is InChI=1S/C11H21N3OS/c1-8(10(12)16)6-14-5-3-4-9(7-14)11(15)13-2/h8-9H,3-7H2,1-2H3,(H2,12,16)(H,13,15). The maximum absolute atomic E-state index is 11.5. The fourth-order valence-electron chi connectivity index (χ4n) is 2.12. The number of carbonyl (C=O) groups excluding carboxylic acids is 1. The number of nitrogens with two attached hydrogens (primary N) is 1. The van der Waals surface area contributed by atoms with E-state index in [0.29, 0.717) is 4.99 Å². The van der Waals surface area contributed by atoms with Crippen molar-refractivity contribution in [1.29, 1.82) is 0 Å². The number of rotatable bonds is 4. The molecule has 1 rings (SSSR count). The Bertz CT molecular complexity index is 270. The van der Waals surface area contributed by atoms with Gasteiger partial charge in [0.2, 0.25) is 5.91 Å². The van der Waals surface area contributed by atoms with Crippen LogP contribution in [0.3, 0.4) is 0 Å². The first-order valence-corrected chi connectivity index (χ1v) is 6.18. The molecule has 16 heavy (non-hydrogen) atoms. The summed E-state index contributed by atoms with van der Waals surface area (Å²) < 4.78 is 0. The van der Waals surface area contributed by atoms with Gasteiger partial charge in [0.05, 0.1) is 10.9 Å². The zero-order valence-corrected chi connectivity index (χ0v) is 10.8. The molecular formula is C11H21N3OS.